The summed E-state index contributed by atoms with van der Waals surface area (Å²) in [5.74, 6) is 0.0204. The highest BCUT2D eigenvalue weighted by Gasteiger charge is 2.20. The molecule has 9 nitrogen and oxygen atoms in total. The third kappa shape index (κ3) is 2.85. The van der Waals surface area contributed by atoms with Crippen molar-refractivity contribution in [1.82, 2.24) is 35.9 Å². The monoisotopic (exact) mass is 295 g/mol. The molecule has 20 heavy (non-hydrogen) atoms. The minimum atomic E-state index is -0.477. The van der Waals surface area contributed by atoms with Crippen LogP contribution >= 0.6 is 11.8 Å². The molecule has 1 unspecified atom stereocenters. The van der Waals surface area contributed by atoms with Gasteiger partial charge in [0.2, 0.25) is 0 Å². The lowest BCUT2D eigenvalue weighted by atomic mass is 10.2. The number of tetrazole rings is 1. The molecule has 1 amide bonds. The Balaban J connectivity index is 2.28. The van der Waals surface area contributed by atoms with Gasteiger partial charge in [-0.1, -0.05) is 5.21 Å². The highest BCUT2D eigenvalue weighted by atomic mass is 32.2. The van der Waals surface area contributed by atoms with Crippen molar-refractivity contribution in [2.24, 2.45) is 0 Å². The molecule has 0 aliphatic heterocycles. The zero-order valence-electron chi connectivity index (χ0n) is 11.1. The molecule has 0 aliphatic rings. The summed E-state index contributed by atoms with van der Waals surface area (Å²) in [4.78, 5) is 29.9. The number of thioether (sulfide) groups is 1. The molecule has 106 valence electrons. The number of nitrogens with one attached hydrogen (secondary N) is 3. The number of carbonyl (C=O) groups is 1. The fourth-order valence-electron chi connectivity index (χ4n) is 1.66. The highest BCUT2D eigenvalue weighted by Crippen LogP contribution is 2.18. The topological polar surface area (TPSA) is 129 Å². The van der Waals surface area contributed by atoms with E-state index < -0.39 is 11.7 Å². The average Bonchev–Trinajstić information content (AvgIpc) is 2.91. The van der Waals surface area contributed by atoms with E-state index in [4.69, 9.17) is 0 Å². The summed E-state index contributed by atoms with van der Waals surface area (Å²) in [6.07, 6.45) is 1.75. The molecule has 0 aromatic carbocycles. The lowest BCUT2D eigenvalue weighted by molar-refractivity contribution is 0.0933. The predicted molar refractivity (Wildman–Crippen MR) is 71.4 cm³/mol. The highest BCUT2D eigenvalue weighted by molar-refractivity contribution is 7.98. The molecule has 0 radical (unpaired) electrons. The number of rotatable bonds is 4. The van der Waals surface area contributed by atoms with Crippen LogP contribution in [0.2, 0.25) is 0 Å². The number of aromatic amines is 2. The Hall–Kier alpha value is -2.23. The van der Waals surface area contributed by atoms with E-state index in [-0.39, 0.29) is 5.91 Å². The zero-order chi connectivity index (χ0) is 14.7. The second-order valence-corrected chi connectivity index (χ2v) is 4.81. The quantitative estimate of drug-likeness (QED) is 0.526. The summed E-state index contributed by atoms with van der Waals surface area (Å²) in [6, 6.07) is -0.415. The summed E-state index contributed by atoms with van der Waals surface area (Å²) in [7, 11) is 0. The molecule has 10 heteroatoms. The largest absolute Gasteiger partial charge is 0.346 e. The van der Waals surface area contributed by atoms with Crippen molar-refractivity contribution >= 4 is 17.7 Å². The van der Waals surface area contributed by atoms with Gasteiger partial charge in [-0.25, -0.2) is 4.79 Å². The number of aryl methyl sites for hydroxylation is 1. The van der Waals surface area contributed by atoms with Gasteiger partial charge in [0.15, 0.2) is 5.82 Å². The number of H-pyrrole nitrogens is 2. The van der Waals surface area contributed by atoms with Crippen LogP contribution in [-0.2, 0) is 0 Å². The Labute approximate surface area is 118 Å². The first kappa shape index (κ1) is 14.2. The molecule has 0 bridgehead atoms. The maximum absolute atomic E-state index is 12.3. The Morgan fingerprint density at radius 1 is 1.45 bits per heavy atom. The molecule has 3 N–H and O–H groups in total. The van der Waals surface area contributed by atoms with Gasteiger partial charge in [0.1, 0.15) is 5.03 Å². The van der Waals surface area contributed by atoms with Crippen LogP contribution in [-0.4, -0.2) is 42.8 Å². The standard InChI is InChI=1S/C10H13N7O2S/c1-4-6(9(20-3)13-10(19)12-4)8(18)11-5(2)7-14-16-17-15-7/h5H,1-3H3,(H,11,18)(H,12,13,19)(H,14,15,16,17). The first-order chi connectivity index (χ1) is 9.52. The van der Waals surface area contributed by atoms with Crippen LogP contribution in [0.3, 0.4) is 0 Å². The average molecular weight is 295 g/mol. The van der Waals surface area contributed by atoms with E-state index in [0.29, 0.717) is 22.1 Å². The number of nitrogens with zero attached hydrogens (tertiary/aromatic N) is 4. The molecule has 0 fully saturated rings. The summed E-state index contributed by atoms with van der Waals surface area (Å²) in [6.45, 7) is 3.38. The van der Waals surface area contributed by atoms with Crippen LogP contribution in [0.15, 0.2) is 9.82 Å². The molecule has 0 aliphatic carbocycles. The first-order valence-electron chi connectivity index (χ1n) is 5.72. The minimum Gasteiger partial charge on any atom is -0.342 e. The molecule has 2 heterocycles. The van der Waals surface area contributed by atoms with Gasteiger partial charge in [-0.2, -0.15) is 10.2 Å². The number of amides is 1. The molecule has 0 spiro atoms. The van der Waals surface area contributed by atoms with Crippen LogP contribution in [0.1, 0.15) is 34.8 Å². The Morgan fingerprint density at radius 3 is 2.80 bits per heavy atom. The second kappa shape index (κ2) is 5.82. The van der Waals surface area contributed by atoms with Gasteiger partial charge < -0.3 is 10.3 Å². The molecular formula is C10H13N7O2S. The van der Waals surface area contributed by atoms with Gasteiger partial charge in [0.05, 0.1) is 11.6 Å². The van der Waals surface area contributed by atoms with Gasteiger partial charge in [-0.3, -0.25) is 4.79 Å². The fraction of sp³-hybridized carbons (Fsp3) is 0.400. The van der Waals surface area contributed by atoms with Crippen LogP contribution in [0.25, 0.3) is 0 Å². The van der Waals surface area contributed by atoms with Crippen molar-refractivity contribution in [1.29, 1.82) is 0 Å². The van der Waals surface area contributed by atoms with Gasteiger partial charge >= 0.3 is 5.69 Å². The van der Waals surface area contributed by atoms with Crippen LogP contribution in [0.4, 0.5) is 0 Å². The van der Waals surface area contributed by atoms with Gasteiger partial charge in [-0.05, 0) is 20.1 Å². The van der Waals surface area contributed by atoms with E-state index in [1.807, 2.05) is 0 Å². The first-order valence-corrected chi connectivity index (χ1v) is 6.94. The lowest BCUT2D eigenvalue weighted by Crippen LogP contribution is -2.30. The van der Waals surface area contributed by atoms with E-state index in [2.05, 4.69) is 35.9 Å². The maximum Gasteiger partial charge on any atom is 0.346 e. The van der Waals surface area contributed by atoms with E-state index in [0.717, 1.165) is 0 Å². The van der Waals surface area contributed by atoms with E-state index in [9.17, 15) is 9.59 Å². The maximum atomic E-state index is 12.3. The van der Waals surface area contributed by atoms with E-state index in [1.54, 1.807) is 20.1 Å². The molecule has 2 aromatic heterocycles. The van der Waals surface area contributed by atoms with Gasteiger partial charge in [0, 0.05) is 5.69 Å². The normalized spacial score (nSPS) is 12.2. The third-order valence-electron chi connectivity index (χ3n) is 2.60. The number of aromatic nitrogens is 6. The zero-order valence-corrected chi connectivity index (χ0v) is 11.9. The van der Waals surface area contributed by atoms with E-state index in [1.165, 1.54) is 11.8 Å². The lowest BCUT2D eigenvalue weighted by Gasteiger charge is -2.13. The summed E-state index contributed by atoms with van der Waals surface area (Å²) in [5.41, 5.74) is 0.328. The van der Waals surface area contributed by atoms with Gasteiger partial charge in [-0.15, -0.1) is 22.0 Å². The van der Waals surface area contributed by atoms with Gasteiger partial charge in [0.25, 0.3) is 5.91 Å². The molecule has 0 saturated heterocycles. The smallest absolute Gasteiger partial charge is 0.342 e. The Bertz CT molecular complexity index is 667. The van der Waals surface area contributed by atoms with E-state index >= 15 is 0 Å². The molecule has 2 aromatic rings. The SMILES string of the molecule is CSc1nc(=O)[nH]c(C)c1C(=O)NC(C)c1nn[nH]n1. The van der Waals surface area contributed by atoms with Crippen molar-refractivity contribution in [3.8, 4) is 0 Å². The summed E-state index contributed by atoms with van der Waals surface area (Å²) < 4.78 is 0. The Morgan fingerprint density at radius 2 is 2.20 bits per heavy atom. The second-order valence-electron chi connectivity index (χ2n) is 4.02. The van der Waals surface area contributed by atoms with Crippen molar-refractivity contribution < 1.29 is 4.79 Å². The van der Waals surface area contributed by atoms with Crippen LogP contribution in [0.5, 0.6) is 0 Å². The minimum absolute atomic E-state index is 0.340. The van der Waals surface area contributed by atoms with Crippen molar-refractivity contribution in [2.75, 3.05) is 6.26 Å². The van der Waals surface area contributed by atoms with Crippen molar-refractivity contribution in [3.05, 3.63) is 27.6 Å². The Kier molecular flexibility index (Phi) is 4.13. The van der Waals surface area contributed by atoms with Crippen molar-refractivity contribution in [3.63, 3.8) is 0 Å². The predicted octanol–water partition coefficient (Wildman–Crippen LogP) is -0.196. The van der Waals surface area contributed by atoms with Crippen LogP contribution < -0.4 is 11.0 Å². The molecule has 2 rings (SSSR count). The number of hydrogen-bond donors (Lipinski definition) is 3. The number of hydrogen-bond acceptors (Lipinski definition) is 7. The molecular weight excluding hydrogens is 282 g/mol. The fourth-order valence-corrected chi connectivity index (χ4v) is 2.28. The third-order valence-corrected chi connectivity index (χ3v) is 3.29. The molecule has 0 saturated carbocycles. The summed E-state index contributed by atoms with van der Waals surface area (Å²) in [5, 5.41) is 16.5. The van der Waals surface area contributed by atoms with Crippen LogP contribution in [0, 0.1) is 6.92 Å². The number of carbonyl (C=O) groups excluding carboxylic acids is 1. The molecule has 1 atom stereocenters. The van der Waals surface area contributed by atoms with Crippen molar-refractivity contribution in [2.45, 2.75) is 24.9 Å². The summed E-state index contributed by atoms with van der Waals surface area (Å²) >= 11 is 1.23.